The van der Waals surface area contributed by atoms with Crippen molar-refractivity contribution in [1.82, 2.24) is 5.32 Å². The summed E-state index contributed by atoms with van der Waals surface area (Å²) in [5.74, 6) is -0.243. The van der Waals surface area contributed by atoms with Crippen LogP contribution in [0.15, 0.2) is 53.0 Å². The molecule has 0 unspecified atom stereocenters. The zero-order valence-electron chi connectivity index (χ0n) is 15.0. The van der Waals surface area contributed by atoms with Gasteiger partial charge in [-0.2, -0.15) is 0 Å². The first-order chi connectivity index (χ1) is 13.0. The van der Waals surface area contributed by atoms with Crippen molar-refractivity contribution in [2.45, 2.75) is 19.4 Å². The van der Waals surface area contributed by atoms with Crippen LogP contribution in [0.3, 0.4) is 0 Å². The zero-order valence-corrected chi connectivity index (χ0v) is 17.3. The molecule has 0 heterocycles. The summed E-state index contributed by atoms with van der Waals surface area (Å²) in [5, 5.41) is 6.14. The molecule has 2 aromatic carbocycles. The van der Waals surface area contributed by atoms with Gasteiger partial charge >= 0.3 is 5.97 Å². The Balaban J connectivity index is 2.37. The Morgan fingerprint density at radius 2 is 1.93 bits per heavy atom. The maximum absolute atomic E-state index is 12.1. The second-order valence-electron chi connectivity index (χ2n) is 5.75. The van der Waals surface area contributed by atoms with Crippen molar-refractivity contribution in [2.24, 2.45) is 0 Å². The molecule has 0 aliphatic rings. The first-order valence-corrected chi connectivity index (χ1v) is 9.97. The van der Waals surface area contributed by atoms with Crippen LogP contribution in [0.4, 0.5) is 5.69 Å². The highest BCUT2D eigenvalue weighted by Crippen LogP contribution is 2.31. The monoisotopic (exact) mass is 452 g/mol. The predicted molar refractivity (Wildman–Crippen MR) is 111 cm³/mol. The van der Waals surface area contributed by atoms with Crippen LogP contribution in [0.25, 0.3) is 0 Å². The molecule has 5 nitrogen and oxygen atoms in total. The van der Waals surface area contributed by atoms with Gasteiger partial charge in [-0.05, 0) is 36.2 Å². The van der Waals surface area contributed by atoms with E-state index < -0.39 is 0 Å². The molecule has 2 rings (SSSR count). The molecule has 0 fully saturated rings. The lowest BCUT2D eigenvalue weighted by atomic mass is 9.97. The largest absolute Gasteiger partial charge is 0.465 e. The number of carbonyl (C=O) groups excluding carboxylic acids is 2. The number of carbonyl (C=O) groups is 2. The van der Waals surface area contributed by atoms with Gasteiger partial charge in [-0.15, -0.1) is 11.6 Å². The van der Waals surface area contributed by atoms with Crippen molar-refractivity contribution in [3.8, 4) is 0 Å². The topological polar surface area (TPSA) is 67.4 Å². The van der Waals surface area contributed by atoms with E-state index in [1.165, 1.54) is 0 Å². The normalized spacial score (nSPS) is 11.7. The van der Waals surface area contributed by atoms with E-state index in [-0.39, 0.29) is 36.8 Å². The van der Waals surface area contributed by atoms with Gasteiger partial charge in [0.15, 0.2) is 0 Å². The molecule has 27 heavy (non-hydrogen) atoms. The van der Waals surface area contributed by atoms with E-state index in [2.05, 4.69) is 26.6 Å². The average molecular weight is 454 g/mol. The van der Waals surface area contributed by atoms with E-state index in [4.69, 9.17) is 16.3 Å². The Labute approximate surface area is 172 Å². The van der Waals surface area contributed by atoms with Crippen molar-refractivity contribution in [1.29, 1.82) is 0 Å². The van der Waals surface area contributed by atoms with Gasteiger partial charge < -0.3 is 10.1 Å². The number of nitrogens with one attached hydrogen (secondary N) is 2. The van der Waals surface area contributed by atoms with E-state index in [9.17, 15) is 9.59 Å². The molecular weight excluding hydrogens is 432 g/mol. The second kappa shape index (κ2) is 11.1. The molecule has 2 N–H and O–H groups in total. The number of halogens is 2. The van der Waals surface area contributed by atoms with Crippen LogP contribution in [-0.4, -0.2) is 30.9 Å². The minimum atomic E-state index is -0.332. The summed E-state index contributed by atoms with van der Waals surface area (Å²) in [6.07, 6.45) is 0.226. The lowest BCUT2D eigenvalue weighted by Crippen LogP contribution is -2.30. The van der Waals surface area contributed by atoms with E-state index in [0.29, 0.717) is 12.3 Å². The van der Waals surface area contributed by atoms with Crippen molar-refractivity contribution in [2.75, 3.05) is 24.3 Å². The summed E-state index contributed by atoms with van der Waals surface area (Å²) in [7, 11) is 0. The van der Waals surface area contributed by atoms with Crippen LogP contribution in [-0.2, 0) is 14.3 Å². The number of hydrogen-bond acceptors (Lipinski definition) is 4. The van der Waals surface area contributed by atoms with Gasteiger partial charge in [-0.25, -0.2) is 0 Å². The first kappa shape index (κ1) is 21.4. The van der Waals surface area contributed by atoms with Crippen LogP contribution >= 0.6 is 27.5 Å². The van der Waals surface area contributed by atoms with Crippen LogP contribution in [0.5, 0.6) is 0 Å². The number of anilines is 1. The molecule has 7 heteroatoms. The predicted octanol–water partition coefficient (Wildman–Crippen LogP) is 4.26. The summed E-state index contributed by atoms with van der Waals surface area (Å²) >= 11 is 9.15. The van der Waals surface area contributed by atoms with Gasteiger partial charge in [0, 0.05) is 22.5 Å². The third-order valence-electron chi connectivity index (χ3n) is 3.81. The molecule has 1 atom stereocenters. The van der Waals surface area contributed by atoms with Gasteiger partial charge in [-0.3, -0.25) is 14.9 Å². The Bertz CT molecular complexity index is 771. The summed E-state index contributed by atoms with van der Waals surface area (Å²) in [5.41, 5.74) is 2.47. The number of amides is 1. The van der Waals surface area contributed by atoms with Gasteiger partial charge in [-0.1, -0.05) is 46.3 Å². The highest BCUT2D eigenvalue weighted by molar-refractivity contribution is 9.10. The molecule has 0 spiro atoms. The number of alkyl halides is 1. The maximum Gasteiger partial charge on any atom is 0.319 e. The molecule has 0 aliphatic carbocycles. The Morgan fingerprint density at radius 3 is 2.59 bits per heavy atom. The Hall–Kier alpha value is -1.89. The van der Waals surface area contributed by atoms with Crippen LogP contribution in [0.2, 0.25) is 0 Å². The molecule has 144 valence electrons. The fraction of sp³-hybridized carbons (Fsp3) is 0.300. The molecule has 2 aromatic rings. The fourth-order valence-electron chi connectivity index (χ4n) is 2.64. The lowest BCUT2D eigenvalue weighted by molar-refractivity contribution is -0.142. The highest BCUT2D eigenvalue weighted by Gasteiger charge is 2.20. The minimum Gasteiger partial charge on any atom is -0.465 e. The number of ether oxygens (including phenoxy) is 1. The quantitative estimate of drug-likeness (QED) is 0.440. The third-order valence-corrected chi connectivity index (χ3v) is 4.49. The standard InChI is InChI=1S/C20H22BrClN2O3/c1-2-27-19(26)13-23-20(14-6-4-3-5-7-14)16-12-15(21)8-9-17(16)24-18(25)10-11-22/h3-9,12,20,23H,2,10-11,13H2,1H3,(H,24,25)/t20-/m0/s1. The minimum absolute atomic E-state index is 0.0506. The van der Waals surface area contributed by atoms with Crippen molar-refractivity contribution in [3.05, 3.63) is 64.1 Å². The second-order valence-corrected chi connectivity index (χ2v) is 7.04. The molecule has 0 radical (unpaired) electrons. The smallest absolute Gasteiger partial charge is 0.319 e. The summed E-state index contributed by atoms with van der Waals surface area (Å²) in [6.45, 7) is 2.15. The van der Waals surface area contributed by atoms with Gasteiger partial charge in [0.25, 0.3) is 0 Å². The Kier molecular flexibility index (Phi) is 8.78. The van der Waals surface area contributed by atoms with Crippen LogP contribution in [0.1, 0.15) is 30.5 Å². The fourth-order valence-corrected chi connectivity index (χ4v) is 3.19. The number of esters is 1. The Morgan fingerprint density at radius 1 is 1.19 bits per heavy atom. The van der Waals surface area contributed by atoms with Gasteiger partial charge in [0.2, 0.25) is 5.91 Å². The molecule has 1 amide bonds. The third kappa shape index (κ3) is 6.65. The van der Waals surface area contributed by atoms with Crippen LogP contribution in [0, 0.1) is 0 Å². The van der Waals surface area contributed by atoms with E-state index in [1.54, 1.807) is 6.92 Å². The summed E-state index contributed by atoms with van der Waals surface area (Å²) in [4.78, 5) is 23.9. The molecule has 0 bridgehead atoms. The number of hydrogen-bond donors (Lipinski definition) is 2. The average Bonchev–Trinajstić information content (AvgIpc) is 2.65. The molecule has 0 saturated carbocycles. The zero-order chi connectivity index (χ0) is 19.6. The van der Waals surface area contributed by atoms with Crippen molar-refractivity contribution < 1.29 is 14.3 Å². The van der Waals surface area contributed by atoms with E-state index in [1.807, 2.05) is 48.5 Å². The molecule has 0 saturated heterocycles. The molecular formula is C20H22BrClN2O3. The molecule has 0 aliphatic heterocycles. The van der Waals surface area contributed by atoms with Crippen LogP contribution < -0.4 is 10.6 Å². The van der Waals surface area contributed by atoms with Gasteiger partial charge in [0.05, 0.1) is 19.2 Å². The summed E-state index contributed by atoms with van der Waals surface area (Å²) in [6, 6.07) is 15.0. The number of benzene rings is 2. The molecule has 0 aromatic heterocycles. The summed E-state index contributed by atoms with van der Waals surface area (Å²) < 4.78 is 5.89. The van der Waals surface area contributed by atoms with E-state index >= 15 is 0 Å². The van der Waals surface area contributed by atoms with E-state index in [0.717, 1.165) is 15.6 Å². The van der Waals surface area contributed by atoms with Crippen molar-refractivity contribution in [3.63, 3.8) is 0 Å². The SMILES string of the molecule is CCOC(=O)CN[C@@H](c1ccccc1)c1cc(Br)ccc1NC(=O)CCCl. The number of rotatable bonds is 9. The first-order valence-electron chi connectivity index (χ1n) is 8.64. The van der Waals surface area contributed by atoms with Gasteiger partial charge in [0.1, 0.15) is 0 Å². The highest BCUT2D eigenvalue weighted by atomic mass is 79.9. The maximum atomic E-state index is 12.1. The lowest BCUT2D eigenvalue weighted by Gasteiger charge is -2.23. The van der Waals surface area contributed by atoms with Crippen molar-refractivity contribution >= 4 is 45.1 Å².